The Morgan fingerprint density at radius 2 is 1.90 bits per heavy atom. The first kappa shape index (κ1) is 17.5. The number of hydrogen-bond acceptors (Lipinski definition) is 3. The van der Waals surface area contributed by atoms with Crippen LogP contribution >= 0.6 is 11.6 Å². The van der Waals surface area contributed by atoms with Gasteiger partial charge in [0.15, 0.2) is 11.9 Å². The summed E-state index contributed by atoms with van der Waals surface area (Å²) >= 11 is 5.88. The van der Waals surface area contributed by atoms with Crippen molar-refractivity contribution in [1.82, 2.24) is 5.32 Å². The van der Waals surface area contributed by atoms with Crippen LogP contribution in [0.2, 0.25) is 5.02 Å². The molecule has 0 aliphatic heterocycles. The molecule has 0 heterocycles. The second-order valence-electron chi connectivity index (χ2n) is 4.98. The van der Waals surface area contributed by atoms with Gasteiger partial charge in [-0.2, -0.15) is 0 Å². The molecule has 1 unspecified atom stereocenters. The number of carbonyl (C=O) groups is 2. The third-order valence-corrected chi connectivity index (χ3v) is 3.56. The van der Waals surface area contributed by atoms with Gasteiger partial charge in [0.2, 0.25) is 0 Å². The van der Waals surface area contributed by atoms with E-state index in [1.165, 1.54) is 6.92 Å². The Kier molecular flexibility index (Phi) is 6.69. The number of ketones is 1. The lowest BCUT2D eigenvalue weighted by Gasteiger charge is -2.20. The maximum Gasteiger partial charge on any atom is 0.260 e. The van der Waals surface area contributed by atoms with Gasteiger partial charge in [0.1, 0.15) is 5.75 Å². The van der Waals surface area contributed by atoms with Crippen LogP contribution in [-0.4, -0.2) is 23.8 Å². The fourth-order valence-electron chi connectivity index (χ4n) is 1.94. The molecule has 0 aliphatic rings. The van der Waals surface area contributed by atoms with E-state index in [0.717, 1.165) is 12.8 Å². The maximum atomic E-state index is 12.1. The van der Waals surface area contributed by atoms with Gasteiger partial charge in [0.05, 0.1) is 5.56 Å². The highest BCUT2D eigenvalue weighted by molar-refractivity contribution is 6.31. The lowest BCUT2D eigenvalue weighted by molar-refractivity contribution is -0.128. The van der Waals surface area contributed by atoms with Gasteiger partial charge in [0, 0.05) is 11.1 Å². The van der Waals surface area contributed by atoms with Crippen LogP contribution in [-0.2, 0) is 4.79 Å². The van der Waals surface area contributed by atoms with Crippen LogP contribution in [0, 0.1) is 0 Å². The average molecular weight is 312 g/mol. The molecule has 0 saturated carbocycles. The second kappa shape index (κ2) is 8.03. The highest BCUT2D eigenvalue weighted by Gasteiger charge is 2.19. The molecule has 1 N–H and O–H groups in total. The molecular weight excluding hydrogens is 290 g/mol. The summed E-state index contributed by atoms with van der Waals surface area (Å²) in [6.07, 6.45) is 1.06. The van der Waals surface area contributed by atoms with Crippen molar-refractivity contribution >= 4 is 23.3 Å². The van der Waals surface area contributed by atoms with Gasteiger partial charge in [-0.1, -0.05) is 25.4 Å². The van der Waals surface area contributed by atoms with Crippen molar-refractivity contribution < 1.29 is 14.3 Å². The number of benzene rings is 1. The third-order valence-electron chi connectivity index (χ3n) is 3.33. The number of Topliss-reactive ketones (excluding diaryl/α,β-unsaturated/α-hetero) is 1. The standard InChI is InChI=1S/C16H22ClNO3/c1-5-13(6-2)18-16(20)11(4)21-15-8-7-12(17)9-14(15)10(3)19/h7-9,11,13H,5-6H2,1-4H3,(H,18,20). The average Bonchev–Trinajstić information content (AvgIpc) is 2.45. The van der Waals surface area contributed by atoms with Gasteiger partial charge < -0.3 is 10.1 Å². The quantitative estimate of drug-likeness (QED) is 0.783. The van der Waals surface area contributed by atoms with Crippen molar-refractivity contribution in [2.24, 2.45) is 0 Å². The summed E-state index contributed by atoms with van der Waals surface area (Å²) in [5, 5.41) is 3.38. The number of nitrogens with one attached hydrogen (secondary N) is 1. The molecular formula is C16H22ClNO3. The van der Waals surface area contributed by atoms with Gasteiger partial charge in [0.25, 0.3) is 5.91 Å². The Morgan fingerprint density at radius 1 is 1.29 bits per heavy atom. The SMILES string of the molecule is CCC(CC)NC(=O)C(C)Oc1ccc(Cl)cc1C(C)=O. The summed E-state index contributed by atoms with van der Waals surface area (Å²) in [4.78, 5) is 23.7. The van der Waals surface area contributed by atoms with Gasteiger partial charge in [-0.05, 0) is 44.9 Å². The van der Waals surface area contributed by atoms with Crippen molar-refractivity contribution in [2.45, 2.75) is 52.7 Å². The topological polar surface area (TPSA) is 55.4 Å². The van der Waals surface area contributed by atoms with Crippen LogP contribution < -0.4 is 10.1 Å². The van der Waals surface area contributed by atoms with Crippen LogP contribution in [0.15, 0.2) is 18.2 Å². The van der Waals surface area contributed by atoms with Gasteiger partial charge >= 0.3 is 0 Å². The fourth-order valence-corrected chi connectivity index (χ4v) is 2.11. The first-order valence-corrected chi connectivity index (χ1v) is 7.54. The van der Waals surface area contributed by atoms with E-state index in [-0.39, 0.29) is 17.7 Å². The summed E-state index contributed by atoms with van der Waals surface area (Å²) < 4.78 is 5.62. The molecule has 4 nitrogen and oxygen atoms in total. The van der Waals surface area contributed by atoms with Crippen LogP contribution in [0.1, 0.15) is 50.9 Å². The smallest absolute Gasteiger partial charge is 0.260 e. The molecule has 0 radical (unpaired) electrons. The van der Waals surface area contributed by atoms with Crippen molar-refractivity contribution in [2.75, 3.05) is 0 Å². The Morgan fingerprint density at radius 3 is 2.43 bits per heavy atom. The van der Waals surface area contributed by atoms with E-state index >= 15 is 0 Å². The lowest BCUT2D eigenvalue weighted by atomic mass is 10.1. The van der Waals surface area contributed by atoms with Crippen LogP contribution in [0.5, 0.6) is 5.75 Å². The van der Waals surface area contributed by atoms with Gasteiger partial charge in [-0.25, -0.2) is 0 Å². The third kappa shape index (κ3) is 5.05. The zero-order valence-corrected chi connectivity index (χ0v) is 13.7. The van der Waals surface area contributed by atoms with Crippen LogP contribution in [0.25, 0.3) is 0 Å². The first-order chi connectivity index (χ1) is 9.88. The predicted molar refractivity (Wildman–Crippen MR) is 84.1 cm³/mol. The lowest BCUT2D eigenvalue weighted by Crippen LogP contribution is -2.42. The van der Waals surface area contributed by atoms with E-state index < -0.39 is 6.10 Å². The first-order valence-electron chi connectivity index (χ1n) is 7.16. The number of amides is 1. The summed E-state index contributed by atoms with van der Waals surface area (Å²) in [7, 11) is 0. The highest BCUT2D eigenvalue weighted by Crippen LogP contribution is 2.24. The molecule has 1 amide bonds. The Bertz CT molecular complexity index is 512. The summed E-state index contributed by atoms with van der Waals surface area (Å²) in [5.41, 5.74) is 0.379. The fraction of sp³-hybridized carbons (Fsp3) is 0.500. The highest BCUT2D eigenvalue weighted by atomic mass is 35.5. The predicted octanol–water partition coefficient (Wildman–Crippen LogP) is 3.61. The molecule has 5 heteroatoms. The number of hydrogen-bond donors (Lipinski definition) is 1. The molecule has 0 spiro atoms. The van der Waals surface area contributed by atoms with Gasteiger partial charge in [-0.15, -0.1) is 0 Å². The molecule has 0 aromatic heterocycles. The molecule has 0 bridgehead atoms. The Hall–Kier alpha value is -1.55. The zero-order chi connectivity index (χ0) is 16.0. The molecule has 1 rings (SSSR count). The van der Waals surface area contributed by atoms with Gasteiger partial charge in [-0.3, -0.25) is 9.59 Å². The molecule has 21 heavy (non-hydrogen) atoms. The van der Waals surface area contributed by atoms with E-state index in [9.17, 15) is 9.59 Å². The van der Waals surface area contributed by atoms with E-state index in [1.807, 2.05) is 13.8 Å². The van der Waals surface area contributed by atoms with E-state index in [1.54, 1.807) is 25.1 Å². The second-order valence-corrected chi connectivity index (χ2v) is 5.42. The molecule has 1 aromatic rings. The van der Waals surface area contributed by atoms with Crippen molar-refractivity contribution in [3.8, 4) is 5.75 Å². The monoisotopic (exact) mass is 311 g/mol. The number of rotatable bonds is 7. The van der Waals surface area contributed by atoms with Crippen LogP contribution in [0.4, 0.5) is 0 Å². The molecule has 116 valence electrons. The number of ether oxygens (including phenoxy) is 1. The van der Waals surface area contributed by atoms with Crippen molar-refractivity contribution in [1.29, 1.82) is 0 Å². The molecule has 0 saturated heterocycles. The number of halogens is 1. The Balaban J connectivity index is 2.81. The van der Waals surface area contributed by atoms with Crippen LogP contribution in [0.3, 0.4) is 0 Å². The zero-order valence-electron chi connectivity index (χ0n) is 12.9. The summed E-state index contributed by atoms with van der Waals surface area (Å²) in [6.45, 7) is 7.14. The largest absolute Gasteiger partial charge is 0.480 e. The maximum absolute atomic E-state index is 12.1. The molecule has 0 aliphatic carbocycles. The minimum atomic E-state index is -0.676. The minimum Gasteiger partial charge on any atom is -0.480 e. The van der Waals surface area contributed by atoms with E-state index in [4.69, 9.17) is 16.3 Å². The Labute approximate surface area is 130 Å². The van der Waals surface area contributed by atoms with E-state index in [0.29, 0.717) is 16.3 Å². The molecule has 1 atom stereocenters. The van der Waals surface area contributed by atoms with E-state index in [2.05, 4.69) is 5.32 Å². The van der Waals surface area contributed by atoms with Crippen molar-refractivity contribution in [3.05, 3.63) is 28.8 Å². The summed E-state index contributed by atoms with van der Waals surface area (Å²) in [6, 6.07) is 4.93. The van der Waals surface area contributed by atoms with Crippen molar-refractivity contribution in [3.63, 3.8) is 0 Å². The normalized spacial score (nSPS) is 12.1. The molecule has 0 fully saturated rings. The minimum absolute atomic E-state index is 0.140. The summed E-state index contributed by atoms with van der Waals surface area (Å²) in [5.74, 6) is 0.0346. The molecule has 1 aromatic carbocycles. The number of carbonyl (C=O) groups excluding carboxylic acids is 2.